The van der Waals surface area contributed by atoms with Crippen LogP contribution in [0.2, 0.25) is 5.02 Å². The molecule has 1 amide bonds. The van der Waals surface area contributed by atoms with Crippen LogP contribution in [0.1, 0.15) is 5.56 Å². The largest absolute Gasteiger partial charge is 0.482 e. The molecule has 0 saturated carbocycles. The van der Waals surface area contributed by atoms with Crippen molar-refractivity contribution in [2.24, 2.45) is 0 Å². The highest BCUT2D eigenvalue weighted by Gasteiger charge is 2.08. The number of rotatable bonds is 4. The van der Waals surface area contributed by atoms with E-state index in [1.54, 1.807) is 42.5 Å². The van der Waals surface area contributed by atoms with E-state index in [4.69, 9.17) is 33.8 Å². The first-order valence-corrected chi connectivity index (χ1v) is 8.24. The monoisotopic (exact) mass is 423 g/mol. The Morgan fingerprint density at radius 3 is 2.62 bits per heavy atom. The average molecular weight is 425 g/mol. The van der Waals surface area contributed by atoms with E-state index in [-0.39, 0.29) is 11.7 Å². The maximum absolute atomic E-state index is 11.8. The molecule has 122 valence electrons. The minimum absolute atomic E-state index is 0.134. The fraction of sp³-hybridized carbons (Fsp3) is 0.0625. The molecule has 0 radical (unpaired) electrons. The van der Waals surface area contributed by atoms with E-state index in [9.17, 15) is 4.79 Å². The lowest BCUT2D eigenvalue weighted by atomic mass is 10.2. The normalized spacial score (nSPS) is 9.71. The molecular formula is C16H11BrClN3O2S. The van der Waals surface area contributed by atoms with Crippen molar-refractivity contribution in [2.75, 3.05) is 11.9 Å². The maximum atomic E-state index is 11.8. The first-order valence-electron chi connectivity index (χ1n) is 6.67. The second-order valence-corrected chi connectivity index (χ2v) is 6.29. The molecule has 2 aromatic carbocycles. The Morgan fingerprint density at radius 2 is 2.00 bits per heavy atom. The molecule has 2 aromatic rings. The van der Waals surface area contributed by atoms with Crippen LogP contribution in [0.15, 0.2) is 46.9 Å². The highest BCUT2D eigenvalue weighted by molar-refractivity contribution is 9.10. The van der Waals surface area contributed by atoms with Crippen LogP contribution >= 0.6 is 39.7 Å². The third-order valence-corrected chi connectivity index (χ3v) is 3.77. The number of carbonyl (C=O) groups is 1. The molecule has 5 nitrogen and oxygen atoms in total. The summed E-state index contributed by atoms with van der Waals surface area (Å²) < 4.78 is 6.16. The Labute approximate surface area is 157 Å². The lowest BCUT2D eigenvalue weighted by molar-refractivity contribution is -0.121. The van der Waals surface area contributed by atoms with Crippen molar-refractivity contribution in [3.8, 4) is 11.8 Å². The number of thiocarbonyl (C=S) groups is 1. The van der Waals surface area contributed by atoms with Gasteiger partial charge in [-0.1, -0.05) is 27.5 Å². The summed E-state index contributed by atoms with van der Waals surface area (Å²) >= 11 is 14.3. The number of benzene rings is 2. The van der Waals surface area contributed by atoms with E-state index in [2.05, 4.69) is 26.6 Å². The highest BCUT2D eigenvalue weighted by Crippen LogP contribution is 2.27. The number of hydrogen-bond donors (Lipinski definition) is 2. The SMILES string of the molecule is N#Cc1ccc(NC(=S)NC(=O)COc2ccc(Br)cc2Cl)cc1. The van der Waals surface area contributed by atoms with Crippen LogP contribution in [-0.2, 0) is 4.79 Å². The summed E-state index contributed by atoms with van der Waals surface area (Å²) in [5, 5.41) is 14.6. The van der Waals surface area contributed by atoms with Crippen molar-refractivity contribution >= 4 is 56.5 Å². The zero-order chi connectivity index (χ0) is 17.5. The fourth-order valence-electron chi connectivity index (χ4n) is 1.69. The number of anilines is 1. The van der Waals surface area contributed by atoms with Crippen LogP contribution in [0.25, 0.3) is 0 Å². The molecule has 24 heavy (non-hydrogen) atoms. The second-order valence-electron chi connectivity index (χ2n) is 4.55. The Hall–Kier alpha value is -2.14. The Balaban J connectivity index is 1.83. The van der Waals surface area contributed by atoms with Gasteiger partial charge in [-0.2, -0.15) is 5.26 Å². The number of hydrogen-bond acceptors (Lipinski definition) is 4. The smallest absolute Gasteiger partial charge is 0.264 e. The van der Waals surface area contributed by atoms with Gasteiger partial charge < -0.3 is 10.1 Å². The molecule has 0 aliphatic rings. The van der Waals surface area contributed by atoms with Gasteiger partial charge in [0.05, 0.1) is 16.7 Å². The summed E-state index contributed by atoms with van der Waals surface area (Å²) in [6.07, 6.45) is 0. The molecule has 0 heterocycles. The predicted octanol–water partition coefficient (Wildman–Crippen LogP) is 3.87. The predicted molar refractivity (Wildman–Crippen MR) is 100 cm³/mol. The van der Waals surface area contributed by atoms with Gasteiger partial charge in [0.1, 0.15) is 5.75 Å². The average Bonchev–Trinajstić information content (AvgIpc) is 2.54. The summed E-state index contributed by atoms with van der Waals surface area (Å²) in [6, 6.07) is 13.8. The van der Waals surface area contributed by atoms with Crippen LogP contribution in [0, 0.1) is 11.3 Å². The van der Waals surface area contributed by atoms with Crippen molar-refractivity contribution in [3.05, 3.63) is 57.5 Å². The zero-order valence-electron chi connectivity index (χ0n) is 12.2. The van der Waals surface area contributed by atoms with Crippen LogP contribution in [0.3, 0.4) is 0 Å². The molecule has 0 unspecified atom stereocenters. The van der Waals surface area contributed by atoms with Crippen LogP contribution in [0.4, 0.5) is 5.69 Å². The van der Waals surface area contributed by atoms with E-state index < -0.39 is 5.91 Å². The molecule has 0 bridgehead atoms. The summed E-state index contributed by atoms with van der Waals surface area (Å²) in [7, 11) is 0. The second kappa shape index (κ2) is 8.64. The van der Waals surface area contributed by atoms with Crippen LogP contribution in [-0.4, -0.2) is 17.6 Å². The van der Waals surface area contributed by atoms with Crippen molar-refractivity contribution in [3.63, 3.8) is 0 Å². The maximum Gasteiger partial charge on any atom is 0.264 e. The Kier molecular flexibility index (Phi) is 6.55. The summed E-state index contributed by atoms with van der Waals surface area (Å²) in [4.78, 5) is 11.8. The van der Waals surface area contributed by atoms with E-state index in [0.717, 1.165) is 4.47 Å². The summed E-state index contributed by atoms with van der Waals surface area (Å²) in [5.41, 5.74) is 1.20. The van der Waals surface area contributed by atoms with Crippen molar-refractivity contribution in [2.45, 2.75) is 0 Å². The van der Waals surface area contributed by atoms with Gasteiger partial charge in [-0.3, -0.25) is 10.1 Å². The van der Waals surface area contributed by atoms with Gasteiger partial charge in [0.2, 0.25) is 0 Å². The molecule has 0 aliphatic carbocycles. The molecule has 0 spiro atoms. The van der Waals surface area contributed by atoms with Gasteiger partial charge in [-0.15, -0.1) is 0 Å². The van der Waals surface area contributed by atoms with Crippen molar-refractivity contribution in [1.29, 1.82) is 5.26 Å². The molecule has 2 rings (SSSR count). The molecule has 0 aromatic heterocycles. The Morgan fingerprint density at radius 1 is 1.29 bits per heavy atom. The molecule has 0 fully saturated rings. The standard InChI is InChI=1S/C16H11BrClN3O2S/c17-11-3-6-14(13(18)7-11)23-9-15(22)21-16(24)20-12-4-1-10(8-19)2-5-12/h1-7H,9H2,(H2,20,21,22,24). The summed E-state index contributed by atoms with van der Waals surface area (Å²) in [6.45, 7) is -0.226. The van der Waals surface area contributed by atoms with Gasteiger partial charge >= 0.3 is 0 Å². The highest BCUT2D eigenvalue weighted by atomic mass is 79.9. The minimum atomic E-state index is -0.417. The number of amides is 1. The number of ether oxygens (including phenoxy) is 1. The summed E-state index contributed by atoms with van der Waals surface area (Å²) in [5.74, 6) is -0.0129. The van der Waals surface area contributed by atoms with E-state index >= 15 is 0 Å². The molecule has 8 heteroatoms. The van der Waals surface area contributed by atoms with E-state index in [1.165, 1.54) is 0 Å². The number of carbonyl (C=O) groups excluding carboxylic acids is 1. The zero-order valence-corrected chi connectivity index (χ0v) is 15.3. The number of nitriles is 1. The van der Waals surface area contributed by atoms with Gasteiger partial charge in [-0.05, 0) is 54.7 Å². The van der Waals surface area contributed by atoms with Crippen molar-refractivity contribution in [1.82, 2.24) is 5.32 Å². The lowest BCUT2D eigenvalue weighted by Gasteiger charge is -2.11. The molecule has 2 N–H and O–H groups in total. The molecule has 0 saturated heterocycles. The first-order chi connectivity index (χ1) is 11.5. The topological polar surface area (TPSA) is 74.2 Å². The van der Waals surface area contributed by atoms with Gasteiger partial charge in [0.15, 0.2) is 11.7 Å². The number of nitrogens with one attached hydrogen (secondary N) is 2. The van der Waals surface area contributed by atoms with E-state index in [1.807, 2.05) is 6.07 Å². The third kappa shape index (κ3) is 5.49. The van der Waals surface area contributed by atoms with Gasteiger partial charge in [-0.25, -0.2) is 0 Å². The van der Waals surface area contributed by atoms with Gasteiger partial charge in [0, 0.05) is 10.2 Å². The van der Waals surface area contributed by atoms with Crippen LogP contribution < -0.4 is 15.4 Å². The molecule has 0 aliphatic heterocycles. The number of nitrogens with zero attached hydrogens (tertiary/aromatic N) is 1. The van der Waals surface area contributed by atoms with Gasteiger partial charge in [0.25, 0.3) is 5.91 Å². The number of halogens is 2. The lowest BCUT2D eigenvalue weighted by Crippen LogP contribution is -2.37. The van der Waals surface area contributed by atoms with Crippen LogP contribution in [0.5, 0.6) is 5.75 Å². The van der Waals surface area contributed by atoms with E-state index in [0.29, 0.717) is 22.0 Å². The molecule has 0 atom stereocenters. The van der Waals surface area contributed by atoms with Crippen molar-refractivity contribution < 1.29 is 9.53 Å². The fourth-order valence-corrected chi connectivity index (χ4v) is 2.65. The quantitative estimate of drug-likeness (QED) is 0.729. The Bertz CT molecular complexity index is 806. The third-order valence-electron chi connectivity index (χ3n) is 2.78. The first kappa shape index (κ1) is 18.2. The minimum Gasteiger partial charge on any atom is -0.482 e. The molecular weight excluding hydrogens is 414 g/mol.